The predicted molar refractivity (Wildman–Crippen MR) is 119 cm³/mol. The van der Waals surface area contributed by atoms with Gasteiger partial charge in [-0.1, -0.05) is 42.5 Å². The van der Waals surface area contributed by atoms with Gasteiger partial charge in [0.05, 0.1) is 17.3 Å². The maximum Gasteiger partial charge on any atom is 0.406 e. The summed E-state index contributed by atoms with van der Waals surface area (Å²) in [5, 5.41) is 16.7. The van der Waals surface area contributed by atoms with E-state index in [-0.39, 0.29) is 23.3 Å². The summed E-state index contributed by atoms with van der Waals surface area (Å²) in [4.78, 5) is 39.5. The molecule has 1 aromatic heterocycles. The zero-order valence-electron chi connectivity index (χ0n) is 17.6. The highest BCUT2D eigenvalue weighted by Crippen LogP contribution is 2.24. The van der Waals surface area contributed by atoms with E-state index < -0.39 is 23.3 Å². The van der Waals surface area contributed by atoms with Crippen LogP contribution < -0.4 is 15.4 Å². The highest BCUT2D eigenvalue weighted by atomic mass is 16.6. The van der Waals surface area contributed by atoms with Crippen molar-refractivity contribution in [2.75, 3.05) is 11.9 Å². The van der Waals surface area contributed by atoms with E-state index in [1.54, 1.807) is 37.3 Å². The summed E-state index contributed by atoms with van der Waals surface area (Å²) in [6.45, 7) is 3.00. The molecule has 9 heteroatoms. The number of rotatable bonds is 8. The van der Waals surface area contributed by atoms with Crippen molar-refractivity contribution in [3.8, 4) is 5.75 Å². The first kappa shape index (κ1) is 22.4. The van der Waals surface area contributed by atoms with Crippen LogP contribution in [0.3, 0.4) is 0 Å². The largest absolute Gasteiger partial charge is 0.476 e. The Morgan fingerprint density at radius 2 is 1.75 bits per heavy atom. The number of amides is 2. The number of carbonyl (C=O) groups excluding carboxylic acids is 2. The van der Waals surface area contributed by atoms with Gasteiger partial charge in [0, 0.05) is 6.92 Å². The van der Waals surface area contributed by atoms with Crippen molar-refractivity contribution in [3.05, 3.63) is 93.7 Å². The number of aryl methyl sites for hydroxylation is 1. The summed E-state index contributed by atoms with van der Waals surface area (Å²) in [5.74, 6) is -1.50. The van der Waals surface area contributed by atoms with Crippen LogP contribution in [0, 0.1) is 17.0 Å². The van der Waals surface area contributed by atoms with Gasteiger partial charge in [0.1, 0.15) is 5.69 Å². The zero-order valence-corrected chi connectivity index (χ0v) is 17.6. The Bertz CT molecular complexity index is 1130. The quantitative estimate of drug-likeness (QED) is 0.410. The Labute approximate surface area is 184 Å². The molecule has 2 amide bonds. The molecule has 0 bridgehead atoms. The third-order valence-electron chi connectivity index (χ3n) is 4.60. The minimum absolute atomic E-state index is 0.113. The molecule has 32 heavy (non-hydrogen) atoms. The molecule has 0 fully saturated rings. The first-order valence-electron chi connectivity index (χ1n) is 9.84. The zero-order chi connectivity index (χ0) is 23.1. The van der Waals surface area contributed by atoms with Gasteiger partial charge < -0.3 is 25.5 Å². The number of hydrogen-bond donors (Lipinski definition) is 2. The smallest absolute Gasteiger partial charge is 0.406 e. The maximum absolute atomic E-state index is 12.8. The van der Waals surface area contributed by atoms with E-state index in [9.17, 15) is 19.7 Å². The van der Waals surface area contributed by atoms with Crippen molar-refractivity contribution >= 4 is 23.3 Å². The Hall–Kier alpha value is -4.27. The van der Waals surface area contributed by atoms with Crippen LogP contribution >= 0.6 is 0 Å². The molecule has 0 unspecified atom stereocenters. The lowest BCUT2D eigenvalue weighted by atomic mass is 10.1. The summed E-state index contributed by atoms with van der Waals surface area (Å²) in [5.41, 5.74) is 1.99. The Morgan fingerprint density at radius 3 is 2.47 bits per heavy atom. The lowest BCUT2D eigenvalue weighted by molar-refractivity contribution is -0.390. The first-order chi connectivity index (χ1) is 15.3. The molecule has 0 aliphatic rings. The number of nitrogens with zero attached hydrogens (tertiary/aromatic N) is 2. The van der Waals surface area contributed by atoms with Crippen molar-refractivity contribution in [2.45, 2.75) is 19.9 Å². The Morgan fingerprint density at radius 1 is 1.06 bits per heavy atom. The number of nitro groups is 1. The van der Waals surface area contributed by atoms with Crippen LogP contribution in [0.4, 0.5) is 11.5 Å². The minimum Gasteiger partial charge on any atom is -0.476 e. The van der Waals surface area contributed by atoms with E-state index in [1.165, 1.54) is 6.07 Å². The monoisotopic (exact) mass is 434 g/mol. The predicted octanol–water partition coefficient (Wildman–Crippen LogP) is 3.81. The molecule has 2 aromatic carbocycles. The lowest BCUT2D eigenvalue weighted by Crippen LogP contribution is -2.28. The fourth-order valence-electron chi connectivity index (χ4n) is 2.99. The van der Waals surface area contributed by atoms with Gasteiger partial charge in [0.25, 0.3) is 11.8 Å². The second kappa shape index (κ2) is 10.2. The number of ether oxygens (including phenoxy) is 1. The van der Waals surface area contributed by atoms with Crippen molar-refractivity contribution < 1.29 is 19.2 Å². The second-order valence-electron chi connectivity index (χ2n) is 7.02. The number of aromatic nitrogens is 1. The minimum atomic E-state index is -0.673. The third kappa shape index (κ3) is 5.66. The number of benzene rings is 2. The average molecular weight is 434 g/mol. The molecule has 0 saturated heterocycles. The fourth-order valence-corrected chi connectivity index (χ4v) is 2.99. The van der Waals surface area contributed by atoms with Gasteiger partial charge in [-0.05, 0) is 46.7 Å². The number of nitrogens with one attached hydrogen (secondary N) is 2. The average Bonchev–Trinajstić information content (AvgIpc) is 2.79. The first-order valence-corrected chi connectivity index (χ1v) is 9.84. The summed E-state index contributed by atoms with van der Waals surface area (Å²) in [6, 6.07) is 18.8. The molecule has 164 valence electrons. The van der Waals surface area contributed by atoms with Gasteiger partial charge >= 0.3 is 5.82 Å². The van der Waals surface area contributed by atoms with Crippen molar-refractivity contribution in [1.29, 1.82) is 0 Å². The van der Waals surface area contributed by atoms with Crippen molar-refractivity contribution in [1.82, 2.24) is 10.3 Å². The highest BCUT2D eigenvalue weighted by molar-refractivity contribution is 6.04. The molecule has 0 aliphatic carbocycles. The SMILES string of the molecule is Cc1ccc(OCC(=O)Nc2ccccc2C(=O)N[C@H](C)c2ccccc2)c([N+](=O)[O-])n1. The van der Waals surface area contributed by atoms with Crippen LogP contribution in [0.1, 0.15) is 34.6 Å². The molecule has 3 rings (SSSR count). The van der Waals surface area contributed by atoms with Crippen molar-refractivity contribution in [3.63, 3.8) is 0 Å². The summed E-state index contributed by atoms with van der Waals surface area (Å²) >= 11 is 0. The molecule has 1 atom stereocenters. The summed E-state index contributed by atoms with van der Waals surface area (Å²) < 4.78 is 5.29. The number of pyridine rings is 1. The van der Waals surface area contributed by atoms with E-state index in [2.05, 4.69) is 15.6 Å². The van der Waals surface area contributed by atoms with Gasteiger partial charge in [-0.15, -0.1) is 0 Å². The number of hydrogen-bond acceptors (Lipinski definition) is 6. The topological polar surface area (TPSA) is 123 Å². The van der Waals surface area contributed by atoms with E-state index in [4.69, 9.17) is 4.74 Å². The molecule has 0 spiro atoms. The number of para-hydroxylation sites is 1. The van der Waals surface area contributed by atoms with Gasteiger partial charge in [-0.2, -0.15) is 0 Å². The standard InChI is InChI=1S/C23H22N4O5/c1-15-12-13-20(22(24-15)27(30)31)32-14-21(28)26-19-11-7-6-10-18(19)23(29)25-16(2)17-8-4-3-5-9-17/h3-13,16H,14H2,1-2H3,(H,25,29)(H,26,28)/t16-/m1/s1. The maximum atomic E-state index is 12.8. The molecule has 3 aromatic rings. The van der Waals surface area contributed by atoms with Crippen LogP contribution in [0.25, 0.3) is 0 Å². The van der Waals surface area contributed by atoms with E-state index in [0.29, 0.717) is 11.4 Å². The van der Waals surface area contributed by atoms with Gasteiger partial charge in [-0.3, -0.25) is 9.59 Å². The highest BCUT2D eigenvalue weighted by Gasteiger charge is 2.20. The third-order valence-corrected chi connectivity index (χ3v) is 4.60. The molecule has 0 radical (unpaired) electrons. The van der Waals surface area contributed by atoms with Crippen LogP contribution in [0.15, 0.2) is 66.7 Å². The van der Waals surface area contributed by atoms with Gasteiger partial charge in [0.15, 0.2) is 6.61 Å². The second-order valence-corrected chi connectivity index (χ2v) is 7.02. The number of anilines is 1. The van der Waals surface area contributed by atoms with Crippen LogP contribution in [0.5, 0.6) is 5.75 Å². The lowest BCUT2D eigenvalue weighted by Gasteiger charge is -2.16. The molecule has 2 N–H and O–H groups in total. The van der Waals surface area contributed by atoms with Crippen LogP contribution in [0.2, 0.25) is 0 Å². The molecule has 0 saturated carbocycles. The molecular weight excluding hydrogens is 412 g/mol. The molecular formula is C23H22N4O5. The van der Waals surface area contributed by atoms with Gasteiger partial charge in [0.2, 0.25) is 5.75 Å². The number of carbonyl (C=O) groups is 2. The van der Waals surface area contributed by atoms with E-state index in [1.807, 2.05) is 37.3 Å². The van der Waals surface area contributed by atoms with E-state index >= 15 is 0 Å². The fraction of sp³-hybridized carbons (Fsp3) is 0.174. The molecule has 0 aliphatic heterocycles. The normalized spacial score (nSPS) is 11.3. The van der Waals surface area contributed by atoms with E-state index in [0.717, 1.165) is 5.56 Å². The van der Waals surface area contributed by atoms with Crippen LogP contribution in [-0.4, -0.2) is 28.3 Å². The molecule has 1 heterocycles. The molecule has 9 nitrogen and oxygen atoms in total. The Kier molecular flexibility index (Phi) is 7.12. The Balaban J connectivity index is 1.66. The van der Waals surface area contributed by atoms with Crippen molar-refractivity contribution in [2.24, 2.45) is 0 Å². The summed E-state index contributed by atoms with van der Waals surface area (Å²) in [7, 11) is 0. The van der Waals surface area contributed by atoms with Crippen LogP contribution in [-0.2, 0) is 4.79 Å². The van der Waals surface area contributed by atoms with Gasteiger partial charge in [-0.25, -0.2) is 0 Å². The summed E-state index contributed by atoms with van der Waals surface area (Å²) in [6.07, 6.45) is 0.